The number of anilines is 1. The van der Waals surface area contributed by atoms with Gasteiger partial charge in [0.05, 0.1) is 12.1 Å². The monoisotopic (exact) mass is 284 g/mol. The highest BCUT2D eigenvalue weighted by Gasteiger charge is 2.16. The predicted molar refractivity (Wildman–Crippen MR) is 83.8 cm³/mol. The van der Waals surface area contributed by atoms with Crippen LogP contribution < -0.4 is 11.1 Å². The lowest BCUT2D eigenvalue weighted by Gasteiger charge is -2.16. The average molecular weight is 284 g/mol. The van der Waals surface area contributed by atoms with E-state index in [1.807, 2.05) is 42.5 Å². The van der Waals surface area contributed by atoms with E-state index in [0.29, 0.717) is 17.7 Å². The molecule has 2 atom stereocenters. The Bertz CT molecular complexity index is 597. The van der Waals surface area contributed by atoms with Gasteiger partial charge in [0.15, 0.2) is 0 Å². The number of carbonyl (C=O) groups excluding carboxylic acids is 1. The molecular formula is C17H20N2O2. The number of carbonyl (C=O) groups is 1. The maximum Gasteiger partial charge on any atom is 0.241 e. The van der Waals surface area contributed by atoms with E-state index in [2.05, 4.69) is 5.32 Å². The number of nitrogens with two attached hydrogens (primary N) is 1. The summed E-state index contributed by atoms with van der Waals surface area (Å²) in [4.78, 5) is 12.2. The molecule has 0 fully saturated rings. The Hall–Kier alpha value is -2.17. The van der Waals surface area contributed by atoms with Crippen molar-refractivity contribution in [3.05, 3.63) is 65.7 Å². The van der Waals surface area contributed by atoms with Crippen molar-refractivity contribution in [1.82, 2.24) is 0 Å². The minimum absolute atomic E-state index is 0.257. The topological polar surface area (TPSA) is 75.3 Å². The summed E-state index contributed by atoms with van der Waals surface area (Å²) >= 11 is 0. The van der Waals surface area contributed by atoms with Crippen molar-refractivity contribution in [2.24, 2.45) is 5.73 Å². The predicted octanol–water partition coefficient (Wildman–Crippen LogP) is 2.25. The van der Waals surface area contributed by atoms with Crippen molar-refractivity contribution in [2.45, 2.75) is 25.5 Å². The molecule has 0 aliphatic carbocycles. The van der Waals surface area contributed by atoms with E-state index in [1.54, 1.807) is 19.1 Å². The SMILES string of the molecule is CC(O)c1ccccc1NC(=O)[C@@H](N)Cc1ccccc1. The molecule has 4 N–H and O–H groups in total. The van der Waals surface area contributed by atoms with Crippen LogP contribution in [0.3, 0.4) is 0 Å². The molecule has 0 aromatic heterocycles. The second kappa shape index (κ2) is 7.02. The molecule has 4 heteroatoms. The van der Waals surface area contributed by atoms with E-state index in [0.717, 1.165) is 5.56 Å². The van der Waals surface area contributed by atoms with Crippen LogP contribution in [-0.4, -0.2) is 17.1 Å². The molecule has 0 spiro atoms. The number of para-hydroxylation sites is 1. The number of nitrogens with one attached hydrogen (secondary N) is 1. The summed E-state index contributed by atoms with van der Waals surface area (Å²) in [6.07, 6.45) is -0.171. The number of amides is 1. The highest BCUT2D eigenvalue weighted by atomic mass is 16.3. The third-order valence-electron chi connectivity index (χ3n) is 3.30. The van der Waals surface area contributed by atoms with Gasteiger partial charge in [-0.15, -0.1) is 0 Å². The summed E-state index contributed by atoms with van der Waals surface area (Å²) in [6, 6.07) is 16.2. The highest BCUT2D eigenvalue weighted by molar-refractivity contribution is 5.95. The number of hydrogen-bond donors (Lipinski definition) is 3. The van der Waals surface area contributed by atoms with Crippen LogP contribution in [0.4, 0.5) is 5.69 Å². The summed E-state index contributed by atoms with van der Waals surface area (Å²) in [7, 11) is 0. The van der Waals surface area contributed by atoms with Gasteiger partial charge < -0.3 is 16.2 Å². The highest BCUT2D eigenvalue weighted by Crippen LogP contribution is 2.22. The summed E-state index contributed by atoms with van der Waals surface area (Å²) in [5.41, 5.74) is 8.24. The van der Waals surface area contributed by atoms with Crippen LogP contribution in [0.15, 0.2) is 54.6 Å². The zero-order valence-electron chi connectivity index (χ0n) is 12.0. The van der Waals surface area contributed by atoms with Crippen molar-refractivity contribution in [2.75, 3.05) is 5.32 Å². The molecule has 0 saturated heterocycles. The molecule has 0 heterocycles. The molecule has 21 heavy (non-hydrogen) atoms. The minimum Gasteiger partial charge on any atom is -0.389 e. The summed E-state index contributed by atoms with van der Waals surface area (Å²) in [6.45, 7) is 1.66. The van der Waals surface area contributed by atoms with E-state index in [4.69, 9.17) is 5.73 Å². The van der Waals surface area contributed by atoms with Gasteiger partial charge in [-0.25, -0.2) is 0 Å². The van der Waals surface area contributed by atoms with Crippen LogP contribution in [0, 0.1) is 0 Å². The van der Waals surface area contributed by atoms with Crippen LogP contribution in [0.1, 0.15) is 24.2 Å². The maximum atomic E-state index is 12.2. The first-order chi connectivity index (χ1) is 10.1. The average Bonchev–Trinajstić information content (AvgIpc) is 2.48. The Kier molecular flexibility index (Phi) is 5.09. The Morgan fingerprint density at radius 2 is 1.76 bits per heavy atom. The quantitative estimate of drug-likeness (QED) is 0.788. The number of benzene rings is 2. The molecule has 110 valence electrons. The van der Waals surface area contributed by atoms with E-state index < -0.39 is 12.1 Å². The van der Waals surface area contributed by atoms with Gasteiger partial charge in [-0.05, 0) is 25.0 Å². The number of aliphatic hydroxyl groups excluding tert-OH is 1. The fourth-order valence-electron chi connectivity index (χ4n) is 2.16. The second-order valence-electron chi connectivity index (χ2n) is 5.05. The molecule has 4 nitrogen and oxygen atoms in total. The number of aliphatic hydroxyl groups is 1. The maximum absolute atomic E-state index is 12.2. The van der Waals surface area contributed by atoms with Crippen LogP contribution in [0.5, 0.6) is 0 Å². The third-order valence-corrected chi connectivity index (χ3v) is 3.30. The van der Waals surface area contributed by atoms with Crippen molar-refractivity contribution >= 4 is 11.6 Å². The molecular weight excluding hydrogens is 264 g/mol. The van der Waals surface area contributed by atoms with Crippen LogP contribution >= 0.6 is 0 Å². The second-order valence-corrected chi connectivity index (χ2v) is 5.05. The first kappa shape index (κ1) is 15.2. The molecule has 0 bridgehead atoms. The van der Waals surface area contributed by atoms with Crippen molar-refractivity contribution in [3.8, 4) is 0 Å². The van der Waals surface area contributed by atoms with Crippen molar-refractivity contribution in [1.29, 1.82) is 0 Å². The molecule has 2 rings (SSSR count). The fourth-order valence-corrected chi connectivity index (χ4v) is 2.16. The molecule has 0 aliphatic rings. The van der Waals surface area contributed by atoms with E-state index in [9.17, 15) is 9.90 Å². The zero-order valence-corrected chi connectivity index (χ0v) is 12.0. The first-order valence-corrected chi connectivity index (χ1v) is 6.95. The lowest BCUT2D eigenvalue weighted by Crippen LogP contribution is -2.37. The molecule has 0 radical (unpaired) electrons. The Morgan fingerprint density at radius 3 is 2.43 bits per heavy atom. The van der Waals surface area contributed by atoms with Crippen molar-refractivity contribution < 1.29 is 9.90 Å². The summed E-state index contributed by atoms with van der Waals surface area (Å²) in [5, 5.41) is 12.5. The van der Waals surface area contributed by atoms with Gasteiger partial charge in [0, 0.05) is 11.3 Å². The molecule has 1 unspecified atom stereocenters. The molecule has 2 aromatic rings. The zero-order chi connectivity index (χ0) is 15.2. The van der Waals surface area contributed by atoms with Gasteiger partial charge in [-0.1, -0.05) is 48.5 Å². The molecule has 0 saturated carbocycles. The van der Waals surface area contributed by atoms with Crippen LogP contribution in [-0.2, 0) is 11.2 Å². The summed E-state index contributed by atoms with van der Waals surface area (Å²) in [5.74, 6) is -0.257. The van der Waals surface area contributed by atoms with E-state index in [-0.39, 0.29) is 5.91 Å². The van der Waals surface area contributed by atoms with Gasteiger partial charge in [-0.2, -0.15) is 0 Å². The summed E-state index contributed by atoms with van der Waals surface area (Å²) < 4.78 is 0. The van der Waals surface area contributed by atoms with Gasteiger partial charge in [0.25, 0.3) is 0 Å². The largest absolute Gasteiger partial charge is 0.389 e. The van der Waals surface area contributed by atoms with Gasteiger partial charge in [0.1, 0.15) is 0 Å². The molecule has 1 amide bonds. The fraction of sp³-hybridized carbons (Fsp3) is 0.235. The number of hydrogen-bond acceptors (Lipinski definition) is 3. The van der Waals surface area contributed by atoms with Gasteiger partial charge in [-0.3, -0.25) is 4.79 Å². The standard InChI is InChI=1S/C17H20N2O2/c1-12(20)14-9-5-6-10-16(14)19-17(21)15(18)11-13-7-3-2-4-8-13/h2-10,12,15,20H,11,18H2,1H3,(H,19,21)/t12?,15-/m0/s1. The molecule has 0 aliphatic heterocycles. The smallest absolute Gasteiger partial charge is 0.241 e. The Morgan fingerprint density at radius 1 is 1.14 bits per heavy atom. The molecule has 2 aromatic carbocycles. The minimum atomic E-state index is -0.646. The van der Waals surface area contributed by atoms with Crippen LogP contribution in [0.25, 0.3) is 0 Å². The normalized spacial score (nSPS) is 13.5. The van der Waals surface area contributed by atoms with Gasteiger partial charge in [0.2, 0.25) is 5.91 Å². The van der Waals surface area contributed by atoms with Crippen molar-refractivity contribution in [3.63, 3.8) is 0 Å². The van der Waals surface area contributed by atoms with E-state index in [1.165, 1.54) is 0 Å². The Balaban J connectivity index is 2.04. The first-order valence-electron chi connectivity index (χ1n) is 6.95. The lowest BCUT2D eigenvalue weighted by atomic mass is 10.0. The third kappa shape index (κ3) is 4.15. The van der Waals surface area contributed by atoms with Crippen LogP contribution in [0.2, 0.25) is 0 Å². The van der Waals surface area contributed by atoms with Gasteiger partial charge >= 0.3 is 0 Å². The lowest BCUT2D eigenvalue weighted by molar-refractivity contribution is -0.117. The number of rotatable bonds is 5. The van der Waals surface area contributed by atoms with E-state index >= 15 is 0 Å². The Labute approximate surface area is 124 Å².